The first-order valence-corrected chi connectivity index (χ1v) is 6.07. The Morgan fingerprint density at radius 3 is 2.72 bits per heavy atom. The number of rotatable bonds is 5. The summed E-state index contributed by atoms with van der Waals surface area (Å²) in [6.45, 7) is 0.280. The number of nitrogens with one attached hydrogen (secondary N) is 1. The van der Waals surface area contributed by atoms with Gasteiger partial charge in [-0.1, -0.05) is 12.2 Å². The molecule has 5 N–H and O–H groups in total. The number of thiocarbonyl (C=S) groups is 1. The molecule has 5 nitrogen and oxygen atoms in total. The summed E-state index contributed by atoms with van der Waals surface area (Å²) in [5.74, 6) is -0.514. The van der Waals surface area contributed by atoms with Crippen LogP contribution in [0.3, 0.4) is 0 Å². The number of hydrogen-bond acceptors (Lipinski definition) is 4. The average Bonchev–Trinajstić information content (AvgIpc) is 2.29. The van der Waals surface area contributed by atoms with E-state index in [1.807, 2.05) is 0 Å². The third-order valence-corrected chi connectivity index (χ3v) is 3.00. The molecule has 0 saturated heterocycles. The van der Waals surface area contributed by atoms with Crippen molar-refractivity contribution in [3.8, 4) is 0 Å². The standard InChI is InChI=1S/C10H11BrFN3O2S/c11-7-5(9(13)18)1-2-6(8(7)12)15-3-4-17-10(14)16/h1-2,15H,3-4H2,(H2,13,18)(H2,14,16). The molecular formula is C10H11BrFN3O2S. The number of carbonyl (C=O) groups is 1. The summed E-state index contributed by atoms with van der Waals surface area (Å²) < 4.78 is 18.5. The van der Waals surface area contributed by atoms with Crippen LogP contribution in [0.2, 0.25) is 0 Å². The molecule has 0 aliphatic heterocycles. The Labute approximate surface area is 117 Å². The van der Waals surface area contributed by atoms with E-state index >= 15 is 0 Å². The van der Waals surface area contributed by atoms with Crippen molar-refractivity contribution >= 4 is 44.9 Å². The maximum Gasteiger partial charge on any atom is 0.404 e. The second-order valence-corrected chi connectivity index (χ2v) is 4.48. The van der Waals surface area contributed by atoms with Crippen LogP contribution in [0.25, 0.3) is 0 Å². The second kappa shape index (κ2) is 6.50. The molecule has 0 bridgehead atoms. The Bertz CT molecular complexity index is 484. The molecule has 0 fully saturated rings. The summed E-state index contributed by atoms with van der Waals surface area (Å²) >= 11 is 7.85. The van der Waals surface area contributed by atoms with Gasteiger partial charge in [-0.15, -0.1) is 0 Å². The lowest BCUT2D eigenvalue weighted by Crippen LogP contribution is -2.19. The Morgan fingerprint density at radius 2 is 2.17 bits per heavy atom. The predicted molar refractivity (Wildman–Crippen MR) is 74.0 cm³/mol. The summed E-state index contributed by atoms with van der Waals surface area (Å²) in [5, 5.41) is 2.75. The largest absolute Gasteiger partial charge is 0.448 e. The number of carbonyl (C=O) groups excluding carboxylic acids is 1. The minimum absolute atomic E-state index is 0.0451. The van der Waals surface area contributed by atoms with Crippen molar-refractivity contribution in [2.75, 3.05) is 18.5 Å². The van der Waals surface area contributed by atoms with Gasteiger partial charge in [-0.2, -0.15) is 0 Å². The van der Waals surface area contributed by atoms with E-state index in [4.69, 9.17) is 23.7 Å². The smallest absolute Gasteiger partial charge is 0.404 e. The Hall–Kier alpha value is -1.41. The number of ether oxygens (including phenoxy) is 1. The van der Waals surface area contributed by atoms with Gasteiger partial charge in [0.15, 0.2) is 5.82 Å². The summed E-state index contributed by atoms with van der Waals surface area (Å²) in [7, 11) is 0. The van der Waals surface area contributed by atoms with Crippen molar-refractivity contribution < 1.29 is 13.9 Å². The fraction of sp³-hybridized carbons (Fsp3) is 0.200. The van der Waals surface area contributed by atoms with E-state index < -0.39 is 11.9 Å². The predicted octanol–water partition coefficient (Wildman–Crippen LogP) is 1.73. The fourth-order valence-electron chi connectivity index (χ4n) is 1.21. The molecule has 98 valence electrons. The van der Waals surface area contributed by atoms with Gasteiger partial charge in [0, 0.05) is 12.1 Å². The van der Waals surface area contributed by atoms with E-state index in [1.165, 1.54) is 6.07 Å². The molecule has 0 aliphatic rings. The van der Waals surface area contributed by atoms with E-state index in [1.54, 1.807) is 6.07 Å². The molecule has 0 aromatic heterocycles. The monoisotopic (exact) mass is 335 g/mol. The highest BCUT2D eigenvalue weighted by Crippen LogP contribution is 2.26. The van der Waals surface area contributed by atoms with Crippen LogP contribution in [0.1, 0.15) is 5.56 Å². The fourth-order valence-corrected chi connectivity index (χ4v) is 2.07. The molecule has 1 aromatic rings. The molecule has 1 aromatic carbocycles. The van der Waals surface area contributed by atoms with E-state index in [-0.39, 0.29) is 28.3 Å². The average molecular weight is 336 g/mol. The molecule has 8 heteroatoms. The van der Waals surface area contributed by atoms with Crippen molar-refractivity contribution in [2.24, 2.45) is 11.5 Å². The number of amides is 1. The van der Waals surface area contributed by atoms with E-state index in [9.17, 15) is 9.18 Å². The highest BCUT2D eigenvalue weighted by Gasteiger charge is 2.12. The van der Waals surface area contributed by atoms with Crippen LogP contribution in [0.4, 0.5) is 14.9 Å². The molecule has 0 spiro atoms. The topological polar surface area (TPSA) is 90.4 Å². The van der Waals surface area contributed by atoms with Crippen molar-refractivity contribution in [3.63, 3.8) is 0 Å². The van der Waals surface area contributed by atoms with Gasteiger partial charge in [-0.05, 0) is 28.1 Å². The zero-order valence-corrected chi connectivity index (χ0v) is 11.6. The highest BCUT2D eigenvalue weighted by molar-refractivity contribution is 9.10. The van der Waals surface area contributed by atoms with Crippen LogP contribution >= 0.6 is 28.1 Å². The molecule has 1 rings (SSSR count). The molecule has 0 heterocycles. The van der Waals surface area contributed by atoms with Crippen LogP contribution in [0.15, 0.2) is 16.6 Å². The van der Waals surface area contributed by atoms with Crippen molar-refractivity contribution in [3.05, 3.63) is 28.0 Å². The van der Waals surface area contributed by atoms with E-state index in [0.717, 1.165) is 0 Å². The van der Waals surface area contributed by atoms with Gasteiger partial charge in [-0.3, -0.25) is 0 Å². The maximum atomic E-state index is 13.9. The minimum Gasteiger partial charge on any atom is -0.448 e. The Kier molecular flexibility index (Phi) is 5.29. The van der Waals surface area contributed by atoms with Crippen molar-refractivity contribution in [1.29, 1.82) is 0 Å². The third-order valence-electron chi connectivity index (χ3n) is 2.01. The summed E-state index contributed by atoms with van der Waals surface area (Å²) in [6, 6.07) is 3.09. The lowest BCUT2D eigenvalue weighted by Gasteiger charge is -2.10. The van der Waals surface area contributed by atoms with E-state index in [0.29, 0.717) is 5.56 Å². The first kappa shape index (κ1) is 14.7. The number of anilines is 1. The molecule has 0 unspecified atom stereocenters. The van der Waals surface area contributed by atoms with Gasteiger partial charge in [0.05, 0.1) is 10.2 Å². The summed E-state index contributed by atoms with van der Waals surface area (Å²) in [5.41, 5.74) is 10.9. The molecule has 0 aliphatic carbocycles. The van der Waals surface area contributed by atoms with Crippen LogP contribution in [0.5, 0.6) is 0 Å². The number of nitrogens with two attached hydrogens (primary N) is 2. The Morgan fingerprint density at radius 1 is 1.50 bits per heavy atom. The highest BCUT2D eigenvalue weighted by atomic mass is 79.9. The van der Waals surface area contributed by atoms with Crippen LogP contribution in [-0.2, 0) is 4.74 Å². The number of halogens is 2. The van der Waals surface area contributed by atoms with Gasteiger partial charge in [0.25, 0.3) is 0 Å². The molecule has 1 amide bonds. The molecular weight excluding hydrogens is 325 g/mol. The molecule has 0 radical (unpaired) electrons. The molecule has 0 atom stereocenters. The van der Waals surface area contributed by atoms with Gasteiger partial charge in [0.2, 0.25) is 0 Å². The van der Waals surface area contributed by atoms with Gasteiger partial charge in [-0.25, -0.2) is 9.18 Å². The van der Waals surface area contributed by atoms with Crippen molar-refractivity contribution in [2.45, 2.75) is 0 Å². The zero-order chi connectivity index (χ0) is 13.7. The van der Waals surface area contributed by atoms with Gasteiger partial charge in [0.1, 0.15) is 11.6 Å². The lowest BCUT2D eigenvalue weighted by atomic mass is 10.2. The lowest BCUT2D eigenvalue weighted by molar-refractivity contribution is 0.161. The summed E-state index contributed by atoms with van der Waals surface area (Å²) in [4.78, 5) is 10.4. The molecule has 0 saturated carbocycles. The Balaban J connectivity index is 2.71. The maximum absolute atomic E-state index is 13.9. The second-order valence-electron chi connectivity index (χ2n) is 3.25. The first-order chi connectivity index (χ1) is 8.43. The van der Waals surface area contributed by atoms with Gasteiger partial charge >= 0.3 is 6.09 Å². The normalized spacial score (nSPS) is 9.89. The number of primary amides is 1. The molecule has 18 heavy (non-hydrogen) atoms. The summed E-state index contributed by atoms with van der Waals surface area (Å²) in [6.07, 6.45) is -0.873. The number of benzene rings is 1. The third kappa shape index (κ3) is 3.81. The first-order valence-electron chi connectivity index (χ1n) is 4.87. The minimum atomic E-state index is -0.873. The quantitative estimate of drug-likeness (QED) is 0.563. The van der Waals surface area contributed by atoms with Crippen LogP contribution < -0.4 is 16.8 Å². The van der Waals surface area contributed by atoms with Gasteiger partial charge < -0.3 is 21.5 Å². The van der Waals surface area contributed by atoms with Crippen molar-refractivity contribution in [1.82, 2.24) is 0 Å². The van der Waals surface area contributed by atoms with Crippen LogP contribution in [-0.4, -0.2) is 24.2 Å². The zero-order valence-electron chi connectivity index (χ0n) is 9.20. The van der Waals surface area contributed by atoms with E-state index in [2.05, 4.69) is 26.0 Å². The van der Waals surface area contributed by atoms with Crippen LogP contribution in [0, 0.1) is 5.82 Å². The SMILES string of the molecule is NC(=O)OCCNc1ccc(C(N)=S)c(Br)c1F. The number of hydrogen-bond donors (Lipinski definition) is 3.